The summed E-state index contributed by atoms with van der Waals surface area (Å²) in [6.07, 6.45) is 6.99. The molecule has 0 aliphatic heterocycles. The van der Waals surface area contributed by atoms with Crippen LogP contribution in [-0.2, 0) is 0 Å². The molecule has 112 valence electrons. The maximum Gasteiger partial charge on any atom is 0.0590 e. The minimum absolute atomic E-state index is 0.247. The summed E-state index contributed by atoms with van der Waals surface area (Å²) >= 11 is 1.85. The van der Waals surface area contributed by atoms with Crippen LogP contribution in [0.1, 0.15) is 49.9 Å². The molecule has 2 aliphatic carbocycles. The van der Waals surface area contributed by atoms with Gasteiger partial charge in [-0.3, -0.25) is 4.90 Å². The Kier molecular flexibility index (Phi) is 4.49. The predicted molar refractivity (Wildman–Crippen MR) is 86.9 cm³/mol. The summed E-state index contributed by atoms with van der Waals surface area (Å²) < 4.78 is 0. The second-order valence-electron chi connectivity index (χ2n) is 6.91. The highest BCUT2D eigenvalue weighted by molar-refractivity contribution is 7.10. The van der Waals surface area contributed by atoms with Crippen molar-refractivity contribution in [2.24, 2.45) is 23.5 Å². The van der Waals surface area contributed by atoms with Crippen LogP contribution in [0.2, 0.25) is 0 Å². The topological polar surface area (TPSA) is 29.3 Å². The first kappa shape index (κ1) is 14.6. The van der Waals surface area contributed by atoms with Gasteiger partial charge in [0.15, 0.2) is 0 Å². The molecule has 2 saturated carbocycles. The van der Waals surface area contributed by atoms with Crippen molar-refractivity contribution in [1.82, 2.24) is 4.90 Å². The normalized spacial score (nSPS) is 31.9. The fourth-order valence-corrected chi connectivity index (χ4v) is 5.49. The molecule has 5 unspecified atom stereocenters. The maximum atomic E-state index is 6.42. The van der Waals surface area contributed by atoms with E-state index in [1.165, 1.54) is 37.1 Å². The first-order valence-corrected chi connectivity index (χ1v) is 9.06. The summed E-state index contributed by atoms with van der Waals surface area (Å²) in [6, 6.07) is 5.06. The summed E-state index contributed by atoms with van der Waals surface area (Å²) in [7, 11) is 2.28. The van der Waals surface area contributed by atoms with Crippen LogP contribution in [0.3, 0.4) is 0 Å². The van der Waals surface area contributed by atoms with E-state index in [-0.39, 0.29) is 6.04 Å². The zero-order valence-electron chi connectivity index (χ0n) is 12.8. The van der Waals surface area contributed by atoms with Crippen molar-refractivity contribution in [3.63, 3.8) is 0 Å². The second kappa shape index (κ2) is 6.17. The van der Waals surface area contributed by atoms with Gasteiger partial charge in [0.05, 0.1) is 6.04 Å². The Balaban J connectivity index is 1.67. The van der Waals surface area contributed by atoms with Crippen molar-refractivity contribution >= 4 is 11.3 Å². The first-order valence-electron chi connectivity index (χ1n) is 8.18. The monoisotopic (exact) mass is 292 g/mol. The summed E-state index contributed by atoms with van der Waals surface area (Å²) in [5, 5.41) is 2.18. The smallest absolute Gasteiger partial charge is 0.0590 e. The van der Waals surface area contributed by atoms with Crippen LogP contribution >= 0.6 is 11.3 Å². The predicted octanol–water partition coefficient (Wildman–Crippen LogP) is 3.89. The number of thiophene rings is 1. The number of fused-ring (bicyclic) bond motifs is 2. The molecule has 2 fully saturated rings. The lowest BCUT2D eigenvalue weighted by atomic mass is 9.88. The van der Waals surface area contributed by atoms with Gasteiger partial charge in [-0.05, 0) is 61.9 Å². The van der Waals surface area contributed by atoms with Gasteiger partial charge in [-0.2, -0.15) is 0 Å². The van der Waals surface area contributed by atoms with Gasteiger partial charge >= 0.3 is 0 Å². The van der Waals surface area contributed by atoms with E-state index in [9.17, 15) is 0 Å². The molecule has 5 atom stereocenters. The number of nitrogens with two attached hydrogens (primary N) is 1. The average molecular weight is 292 g/mol. The molecule has 0 spiro atoms. The van der Waals surface area contributed by atoms with E-state index < -0.39 is 0 Å². The molecule has 2 N–H and O–H groups in total. The molecule has 2 bridgehead atoms. The summed E-state index contributed by atoms with van der Waals surface area (Å²) in [5.74, 6) is 2.97. The molecular weight excluding hydrogens is 264 g/mol. The molecule has 1 aromatic rings. The van der Waals surface area contributed by atoms with Gasteiger partial charge in [-0.1, -0.05) is 19.4 Å². The molecular formula is C17H28N2S. The summed E-state index contributed by atoms with van der Waals surface area (Å²) in [4.78, 5) is 3.98. The van der Waals surface area contributed by atoms with Crippen molar-refractivity contribution in [1.29, 1.82) is 0 Å². The Labute approximate surface area is 127 Å². The molecule has 20 heavy (non-hydrogen) atoms. The lowest BCUT2D eigenvalue weighted by Crippen LogP contribution is -2.41. The Morgan fingerprint density at radius 2 is 2.25 bits per heavy atom. The lowest BCUT2D eigenvalue weighted by molar-refractivity contribution is 0.155. The van der Waals surface area contributed by atoms with Crippen molar-refractivity contribution < 1.29 is 0 Å². The Morgan fingerprint density at radius 3 is 2.80 bits per heavy atom. The summed E-state index contributed by atoms with van der Waals surface area (Å²) in [5.41, 5.74) is 6.42. The second-order valence-corrected chi connectivity index (χ2v) is 7.89. The van der Waals surface area contributed by atoms with E-state index >= 15 is 0 Å². The van der Waals surface area contributed by atoms with Gasteiger partial charge in [-0.25, -0.2) is 0 Å². The first-order chi connectivity index (χ1) is 9.69. The fourth-order valence-electron chi connectivity index (χ4n) is 4.52. The zero-order chi connectivity index (χ0) is 14.1. The van der Waals surface area contributed by atoms with Gasteiger partial charge in [0.2, 0.25) is 0 Å². The molecule has 2 aliphatic rings. The molecule has 0 radical (unpaired) electrons. The molecule has 1 heterocycles. The quantitative estimate of drug-likeness (QED) is 0.862. The molecule has 0 aromatic carbocycles. The number of nitrogens with zero attached hydrogens (tertiary/aromatic N) is 1. The van der Waals surface area contributed by atoms with Crippen molar-refractivity contribution in [3.05, 3.63) is 22.4 Å². The molecule has 3 heteroatoms. The third-order valence-electron chi connectivity index (χ3n) is 5.59. The van der Waals surface area contributed by atoms with Crippen LogP contribution < -0.4 is 5.73 Å². The van der Waals surface area contributed by atoms with E-state index in [2.05, 4.69) is 36.4 Å². The van der Waals surface area contributed by atoms with Crippen molar-refractivity contribution in [2.45, 2.75) is 51.1 Å². The molecule has 3 rings (SSSR count). The third kappa shape index (κ3) is 2.81. The van der Waals surface area contributed by atoms with Gasteiger partial charge in [0, 0.05) is 17.5 Å². The van der Waals surface area contributed by atoms with Gasteiger partial charge in [0.1, 0.15) is 0 Å². The van der Waals surface area contributed by atoms with Crippen LogP contribution in [0.4, 0.5) is 0 Å². The maximum absolute atomic E-state index is 6.42. The van der Waals surface area contributed by atoms with Crippen LogP contribution in [0.5, 0.6) is 0 Å². The standard InChI is InChI=1S/C17H28N2S/c1-3-15(18)17(16-5-4-8-20-16)19(2)11-14-10-12-6-7-13(14)9-12/h4-5,8,12-15,17H,3,6-7,9-11,18H2,1-2H3. The highest BCUT2D eigenvalue weighted by Gasteiger charge is 2.40. The highest BCUT2D eigenvalue weighted by Crippen LogP contribution is 2.48. The number of hydrogen-bond donors (Lipinski definition) is 1. The average Bonchev–Trinajstić information content (AvgIpc) is 3.15. The van der Waals surface area contributed by atoms with Crippen LogP contribution in [0, 0.1) is 17.8 Å². The lowest BCUT2D eigenvalue weighted by Gasteiger charge is -2.35. The van der Waals surface area contributed by atoms with E-state index in [1.807, 2.05) is 11.3 Å². The molecule has 0 amide bonds. The van der Waals surface area contributed by atoms with E-state index in [0.29, 0.717) is 6.04 Å². The fraction of sp³-hybridized carbons (Fsp3) is 0.765. The van der Waals surface area contributed by atoms with Crippen molar-refractivity contribution in [3.8, 4) is 0 Å². The van der Waals surface area contributed by atoms with Gasteiger partial charge < -0.3 is 5.73 Å². The van der Waals surface area contributed by atoms with Crippen LogP contribution in [0.25, 0.3) is 0 Å². The highest BCUT2D eigenvalue weighted by atomic mass is 32.1. The minimum Gasteiger partial charge on any atom is -0.326 e. The zero-order valence-corrected chi connectivity index (χ0v) is 13.6. The molecule has 1 aromatic heterocycles. The minimum atomic E-state index is 0.247. The van der Waals surface area contributed by atoms with Crippen molar-refractivity contribution in [2.75, 3.05) is 13.6 Å². The number of rotatable bonds is 6. The Bertz CT molecular complexity index is 417. The number of hydrogen-bond acceptors (Lipinski definition) is 3. The van der Waals surface area contributed by atoms with E-state index in [0.717, 1.165) is 24.2 Å². The largest absolute Gasteiger partial charge is 0.326 e. The summed E-state index contributed by atoms with van der Waals surface area (Å²) in [6.45, 7) is 3.44. The van der Waals surface area contributed by atoms with E-state index in [1.54, 1.807) is 0 Å². The Morgan fingerprint density at radius 1 is 1.40 bits per heavy atom. The third-order valence-corrected chi connectivity index (χ3v) is 6.54. The van der Waals surface area contributed by atoms with Crippen LogP contribution in [-0.4, -0.2) is 24.5 Å². The molecule has 0 saturated heterocycles. The SMILES string of the molecule is CCC(N)C(c1cccs1)N(C)CC1CC2CCC1C2. The number of likely N-dealkylation sites (N-methyl/N-ethyl adjacent to an activating group) is 1. The Hall–Kier alpha value is -0.380. The van der Waals surface area contributed by atoms with E-state index in [4.69, 9.17) is 5.73 Å². The molecule has 2 nitrogen and oxygen atoms in total. The van der Waals surface area contributed by atoms with Crippen LogP contribution in [0.15, 0.2) is 17.5 Å². The van der Waals surface area contributed by atoms with Gasteiger partial charge in [-0.15, -0.1) is 11.3 Å². The van der Waals surface area contributed by atoms with Gasteiger partial charge in [0.25, 0.3) is 0 Å².